The van der Waals surface area contributed by atoms with E-state index < -0.39 is 23.8 Å². The zero-order chi connectivity index (χ0) is 17.3. The molecule has 0 aliphatic carbocycles. The van der Waals surface area contributed by atoms with Gasteiger partial charge in [-0.05, 0) is 43.9 Å². The second kappa shape index (κ2) is 6.61. The summed E-state index contributed by atoms with van der Waals surface area (Å²) in [6.45, 7) is 1.49. The van der Waals surface area contributed by atoms with Crippen molar-refractivity contribution < 1.29 is 22.4 Å². The average molecular weight is 344 g/mol. The van der Waals surface area contributed by atoms with E-state index in [9.17, 15) is 22.4 Å². The monoisotopic (exact) mass is 344 g/mol. The molecule has 3 rings (SSSR count). The van der Waals surface area contributed by atoms with E-state index in [1.807, 2.05) is 4.90 Å². The second-order valence-electron chi connectivity index (χ2n) is 6.49. The minimum Gasteiger partial charge on any atom is -0.369 e. The molecule has 2 saturated heterocycles. The number of halogens is 4. The zero-order valence-corrected chi connectivity index (χ0v) is 13.3. The van der Waals surface area contributed by atoms with E-state index in [1.165, 1.54) is 11.0 Å². The zero-order valence-electron chi connectivity index (χ0n) is 13.3. The lowest BCUT2D eigenvalue weighted by atomic mass is 9.97. The lowest BCUT2D eigenvalue weighted by molar-refractivity contribution is -0.184. The number of nitrogens with zero attached hydrogens (tertiary/aromatic N) is 2. The van der Waals surface area contributed by atoms with Gasteiger partial charge in [0.2, 0.25) is 0 Å². The molecule has 132 valence electrons. The molecule has 0 spiro atoms. The van der Waals surface area contributed by atoms with Crippen LogP contribution in [-0.2, 0) is 0 Å². The molecule has 24 heavy (non-hydrogen) atoms. The number of likely N-dealkylation sites (tertiary alicyclic amines) is 1. The molecule has 0 radical (unpaired) electrons. The second-order valence-corrected chi connectivity index (χ2v) is 6.49. The van der Waals surface area contributed by atoms with Crippen LogP contribution in [-0.4, -0.2) is 43.2 Å². The Bertz CT molecular complexity index is 611. The molecule has 2 heterocycles. The molecule has 0 aromatic heterocycles. The van der Waals surface area contributed by atoms with Crippen molar-refractivity contribution in [3.63, 3.8) is 0 Å². The maximum absolute atomic E-state index is 14.3. The van der Waals surface area contributed by atoms with Crippen molar-refractivity contribution >= 4 is 11.6 Å². The molecule has 1 aromatic carbocycles. The van der Waals surface area contributed by atoms with Crippen LogP contribution in [0.2, 0.25) is 0 Å². The standard InChI is InChI=1S/C17H20F4N2O/c18-14-10-12(5-6-15(14)22-7-1-2-8-22)16(24)23-9-3-4-13(11-23)17(19,20)21/h5-6,10,13H,1-4,7-9,11H2/t13-/m0/s1. The predicted molar refractivity (Wildman–Crippen MR) is 82.5 cm³/mol. The third-order valence-electron chi connectivity index (χ3n) is 4.81. The topological polar surface area (TPSA) is 23.6 Å². The Kier molecular flexibility index (Phi) is 4.69. The number of hydrogen-bond acceptors (Lipinski definition) is 2. The first-order valence-corrected chi connectivity index (χ1v) is 8.27. The van der Waals surface area contributed by atoms with Crippen molar-refractivity contribution in [2.24, 2.45) is 5.92 Å². The Hall–Kier alpha value is -1.79. The summed E-state index contributed by atoms with van der Waals surface area (Å²) in [4.78, 5) is 15.5. The van der Waals surface area contributed by atoms with Crippen LogP contribution in [0.4, 0.5) is 23.2 Å². The maximum atomic E-state index is 14.3. The van der Waals surface area contributed by atoms with Crippen molar-refractivity contribution in [2.45, 2.75) is 31.9 Å². The van der Waals surface area contributed by atoms with E-state index in [4.69, 9.17) is 0 Å². The molecule has 0 N–H and O–H groups in total. The molecule has 1 atom stereocenters. The average Bonchev–Trinajstić information content (AvgIpc) is 3.07. The summed E-state index contributed by atoms with van der Waals surface area (Å²) >= 11 is 0. The molecule has 0 bridgehead atoms. The first kappa shape index (κ1) is 17.0. The molecular weight excluding hydrogens is 324 g/mol. The van der Waals surface area contributed by atoms with E-state index in [2.05, 4.69) is 0 Å². The molecule has 0 unspecified atom stereocenters. The number of amides is 1. The van der Waals surface area contributed by atoms with Crippen LogP contribution >= 0.6 is 0 Å². The molecule has 2 fully saturated rings. The number of hydrogen-bond donors (Lipinski definition) is 0. The van der Waals surface area contributed by atoms with Crippen LogP contribution in [0.5, 0.6) is 0 Å². The van der Waals surface area contributed by atoms with Crippen molar-refractivity contribution in [2.75, 3.05) is 31.1 Å². The summed E-state index contributed by atoms with van der Waals surface area (Å²) in [5.74, 6) is -2.52. The third kappa shape index (κ3) is 3.49. The number of carbonyl (C=O) groups excluding carboxylic acids is 1. The molecule has 2 aliphatic heterocycles. The van der Waals surface area contributed by atoms with Gasteiger partial charge in [0.15, 0.2) is 0 Å². The van der Waals surface area contributed by atoms with Crippen LogP contribution in [0.15, 0.2) is 18.2 Å². The molecule has 1 aromatic rings. The predicted octanol–water partition coefficient (Wildman–Crippen LogP) is 3.84. The van der Waals surface area contributed by atoms with Crippen molar-refractivity contribution in [1.29, 1.82) is 0 Å². The Morgan fingerprint density at radius 3 is 2.42 bits per heavy atom. The normalized spacial score (nSPS) is 22.1. The summed E-state index contributed by atoms with van der Waals surface area (Å²) in [7, 11) is 0. The minimum absolute atomic E-state index is 0.0372. The largest absolute Gasteiger partial charge is 0.393 e. The fourth-order valence-electron chi connectivity index (χ4n) is 3.47. The van der Waals surface area contributed by atoms with Gasteiger partial charge >= 0.3 is 6.18 Å². The molecule has 1 amide bonds. The van der Waals surface area contributed by atoms with Crippen LogP contribution in [0.3, 0.4) is 0 Å². The van der Waals surface area contributed by atoms with Gasteiger partial charge in [-0.3, -0.25) is 4.79 Å². The summed E-state index contributed by atoms with van der Waals surface area (Å²) in [5.41, 5.74) is 0.564. The third-order valence-corrected chi connectivity index (χ3v) is 4.81. The van der Waals surface area contributed by atoms with Gasteiger partial charge in [-0.15, -0.1) is 0 Å². The number of rotatable bonds is 2. The van der Waals surface area contributed by atoms with E-state index >= 15 is 0 Å². The highest BCUT2D eigenvalue weighted by atomic mass is 19.4. The minimum atomic E-state index is -4.30. The van der Waals surface area contributed by atoms with Crippen LogP contribution < -0.4 is 4.90 Å². The van der Waals surface area contributed by atoms with E-state index in [-0.39, 0.29) is 25.1 Å². The number of carbonyl (C=O) groups is 1. The van der Waals surface area contributed by atoms with Gasteiger partial charge in [0.05, 0.1) is 11.6 Å². The van der Waals surface area contributed by atoms with Crippen LogP contribution in [0.25, 0.3) is 0 Å². The lowest BCUT2D eigenvalue weighted by Gasteiger charge is -2.33. The molecule has 3 nitrogen and oxygen atoms in total. The van der Waals surface area contributed by atoms with E-state index in [0.717, 1.165) is 32.0 Å². The van der Waals surface area contributed by atoms with Gasteiger partial charge in [-0.1, -0.05) is 0 Å². The Balaban J connectivity index is 1.74. The number of alkyl halides is 3. The van der Waals surface area contributed by atoms with Gasteiger partial charge in [-0.2, -0.15) is 13.2 Å². The number of benzene rings is 1. The SMILES string of the molecule is O=C(c1ccc(N2CCCC2)c(F)c1)N1CCC[C@H](C(F)(F)F)C1. The fourth-order valence-corrected chi connectivity index (χ4v) is 3.47. The Morgan fingerprint density at radius 1 is 1.08 bits per heavy atom. The molecular formula is C17H20F4N2O. The van der Waals surface area contributed by atoms with Crippen LogP contribution in [0.1, 0.15) is 36.0 Å². The summed E-state index contributed by atoms with van der Waals surface area (Å²) in [6, 6.07) is 4.21. The molecule has 0 saturated carbocycles. The highest BCUT2D eigenvalue weighted by Gasteiger charge is 2.42. The summed E-state index contributed by atoms with van der Waals surface area (Å²) in [6.07, 6.45) is -1.94. The van der Waals surface area contributed by atoms with Crippen molar-refractivity contribution in [3.8, 4) is 0 Å². The van der Waals surface area contributed by atoms with Gasteiger partial charge in [0, 0.05) is 31.7 Å². The first-order valence-electron chi connectivity index (χ1n) is 8.27. The van der Waals surface area contributed by atoms with Crippen molar-refractivity contribution in [1.82, 2.24) is 4.90 Å². The van der Waals surface area contributed by atoms with Crippen LogP contribution in [0, 0.1) is 11.7 Å². The highest BCUT2D eigenvalue weighted by molar-refractivity contribution is 5.94. The van der Waals surface area contributed by atoms with Gasteiger partial charge in [0.25, 0.3) is 5.91 Å². The quantitative estimate of drug-likeness (QED) is 0.761. The Labute approximate surface area is 138 Å². The van der Waals surface area contributed by atoms with Gasteiger partial charge < -0.3 is 9.80 Å². The molecule has 2 aliphatic rings. The Morgan fingerprint density at radius 2 is 1.79 bits per heavy atom. The highest BCUT2D eigenvalue weighted by Crippen LogP contribution is 2.34. The smallest absolute Gasteiger partial charge is 0.369 e. The van der Waals surface area contributed by atoms with E-state index in [1.54, 1.807) is 6.07 Å². The summed E-state index contributed by atoms with van der Waals surface area (Å²) < 4.78 is 52.9. The lowest BCUT2D eigenvalue weighted by Crippen LogP contribution is -2.44. The first-order chi connectivity index (χ1) is 11.4. The number of anilines is 1. The summed E-state index contributed by atoms with van der Waals surface area (Å²) in [5, 5.41) is 0. The van der Waals surface area contributed by atoms with Gasteiger partial charge in [0.1, 0.15) is 5.82 Å². The van der Waals surface area contributed by atoms with Crippen molar-refractivity contribution in [3.05, 3.63) is 29.6 Å². The fraction of sp³-hybridized carbons (Fsp3) is 0.588. The van der Waals surface area contributed by atoms with E-state index in [0.29, 0.717) is 12.1 Å². The van der Waals surface area contributed by atoms with Gasteiger partial charge in [-0.25, -0.2) is 4.39 Å². The number of piperidine rings is 1. The maximum Gasteiger partial charge on any atom is 0.393 e. The molecule has 7 heteroatoms.